The summed E-state index contributed by atoms with van der Waals surface area (Å²) in [5, 5.41) is 1.02. The average Bonchev–Trinajstić information content (AvgIpc) is 3.49. The number of pyridine rings is 3. The second kappa shape index (κ2) is 11.0. The van der Waals surface area contributed by atoms with Crippen LogP contribution in [0.4, 0.5) is 0 Å². The molecule has 0 aliphatic carbocycles. The molecule has 0 spiro atoms. The minimum absolute atomic E-state index is 0.807. The summed E-state index contributed by atoms with van der Waals surface area (Å²) in [7, 11) is 0. The van der Waals surface area contributed by atoms with E-state index in [1.165, 1.54) is 4.70 Å². The molecule has 7 rings (SSSR count). The number of rotatable bonds is 4. The van der Waals surface area contributed by atoms with Crippen LogP contribution in [0.5, 0.6) is 0 Å². The van der Waals surface area contributed by atoms with E-state index < -0.39 is 0 Å². The van der Waals surface area contributed by atoms with Crippen molar-refractivity contribution in [1.29, 1.82) is 0 Å². The molecule has 0 saturated heterocycles. The summed E-state index contributed by atoms with van der Waals surface area (Å²) in [5.74, 6) is 6.59. The van der Waals surface area contributed by atoms with Crippen molar-refractivity contribution in [1.82, 2.24) is 19.9 Å². The van der Waals surface area contributed by atoms with Crippen LogP contribution in [-0.4, -0.2) is 19.9 Å². The highest BCUT2D eigenvalue weighted by Crippen LogP contribution is 2.31. The zero-order valence-electron chi connectivity index (χ0n) is 21.9. The van der Waals surface area contributed by atoms with E-state index in [-0.39, 0.29) is 0 Å². The second-order valence-corrected chi connectivity index (χ2v) is 10.5. The summed E-state index contributed by atoms with van der Waals surface area (Å²) in [6.07, 6.45) is 3.57. The lowest BCUT2D eigenvalue weighted by Gasteiger charge is -2.09. The van der Waals surface area contributed by atoms with Crippen LogP contribution in [0.3, 0.4) is 0 Å². The van der Waals surface area contributed by atoms with Gasteiger partial charge in [-0.3, -0.25) is 9.97 Å². The van der Waals surface area contributed by atoms with Gasteiger partial charge in [-0.2, -0.15) is 0 Å². The fraction of sp³-hybridized carbons (Fsp3) is 0. The molecule has 5 heteroatoms. The Morgan fingerprint density at radius 1 is 0.463 bits per heavy atom. The predicted octanol–water partition coefficient (Wildman–Crippen LogP) is 8.55. The van der Waals surface area contributed by atoms with E-state index in [0.717, 1.165) is 61.1 Å². The maximum Gasteiger partial charge on any atom is 0.124 e. The Balaban J connectivity index is 1.15. The van der Waals surface area contributed by atoms with E-state index in [1.807, 2.05) is 54.6 Å². The van der Waals surface area contributed by atoms with Crippen LogP contribution in [0, 0.1) is 11.8 Å². The summed E-state index contributed by atoms with van der Waals surface area (Å²) >= 11 is 1.71. The van der Waals surface area contributed by atoms with Crippen LogP contribution in [0.25, 0.3) is 54.7 Å². The van der Waals surface area contributed by atoms with Gasteiger partial charge in [-0.05, 0) is 83.9 Å². The second-order valence-electron chi connectivity index (χ2n) is 9.45. The van der Waals surface area contributed by atoms with E-state index in [9.17, 15) is 0 Å². The first-order valence-electron chi connectivity index (χ1n) is 13.2. The van der Waals surface area contributed by atoms with Gasteiger partial charge in [-0.1, -0.05) is 60.4 Å². The van der Waals surface area contributed by atoms with E-state index in [2.05, 4.69) is 88.5 Å². The molecule has 0 fully saturated rings. The predicted molar refractivity (Wildman–Crippen MR) is 167 cm³/mol. The van der Waals surface area contributed by atoms with Crippen LogP contribution < -0.4 is 0 Å². The molecular formula is C36H22N4S. The van der Waals surface area contributed by atoms with Gasteiger partial charge < -0.3 is 0 Å². The lowest BCUT2D eigenvalue weighted by atomic mass is 10.0. The first-order chi connectivity index (χ1) is 20.3. The summed E-state index contributed by atoms with van der Waals surface area (Å²) in [4.78, 5) is 18.7. The molecule has 0 N–H and O–H groups in total. The Labute approximate surface area is 242 Å². The highest BCUT2D eigenvalue weighted by Gasteiger charge is 2.10. The fourth-order valence-corrected chi connectivity index (χ4v) is 5.54. The van der Waals surface area contributed by atoms with Crippen molar-refractivity contribution in [2.45, 2.75) is 0 Å². The third-order valence-electron chi connectivity index (χ3n) is 6.68. The normalized spacial score (nSPS) is 10.7. The molecule has 4 nitrogen and oxygen atoms in total. The first kappa shape index (κ1) is 24.6. The van der Waals surface area contributed by atoms with Crippen molar-refractivity contribution in [3.63, 3.8) is 0 Å². The smallest absolute Gasteiger partial charge is 0.124 e. The standard InChI is InChI=1S/C36H22N4S/c1-2-10-35-32(9-1)40-36(41-35)28-19-15-26(16-20-28)12-11-25-13-17-27(18-14-25)29-23-33(30-7-3-5-21-37-30)39-34(24-29)31-8-4-6-22-38-31/h1-10,13-24H. The van der Waals surface area contributed by atoms with E-state index in [4.69, 9.17) is 9.97 Å². The van der Waals surface area contributed by atoms with E-state index in [0.29, 0.717) is 0 Å². The van der Waals surface area contributed by atoms with E-state index in [1.54, 1.807) is 23.7 Å². The monoisotopic (exact) mass is 542 g/mol. The first-order valence-corrected chi connectivity index (χ1v) is 14.0. The minimum atomic E-state index is 0.807. The minimum Gasteiger partial charge on any atom is -0.255 e. The molecular weight excluding hydrogens is 520 g/mol. The van der Waals surface area contributed by atoms with Gasteiger partial charge >= 0.3 is 0 Å². The Kier molecular flexibility index (Phi) is 6.58. The Hall–Kier alpha value is -5.44. The van der Waals surface area contributed by atoms with Crippen LogP contribution in [0.15, 0.2) is 134 Å². The van der Waals surface area contributed by atoms with Crippen molar-refractivity contribution < 1.29 is 0 Å². The summed E-state index contributed by atoms with van der Waals surface area (Å²) in [5.41, 5.74) is 9.44. The molecule has 0 unspecified atom stereocenters. The number of thiazole rings is 1. The van der Waals surface area contributed by atoms with Crippen molar-refractivity contribution in [2.24, 2.45) is 0 Å². The number of aromatic nitrogens is 4. The van der Waals surface area contributed by atoms with Gasteiger partial charge in [0.15, 0.2) is 0 Å². The number of para-hydroxylation sites is 1. The van der Waals surface area contributed by atoms with Crippen molar-refractivity contribution >= 4 is 21.6 Å². The van der Waals surface area contributed by atoms with Crippen LogP contribution >= 0.6 is 11.3 Å². The maximum absolute atomic E-state index is 4.87. The zero-order valence-corrected chi connectivity index (χ0v) is 22.7. The molecule has 0 aliphatic rings. The van der Waals surface area contributed by atoms with Gasteiger partial charge in [-0.15, -0.1) is 11.3 Å². The topological polar surface area (TPSA) is 51.6 Å². The summed E-state index contributed by atoms with van der Waals surface area (Å²) in [6, 6.07) is 40.7. The van der Waals surface area contributed by atoms with Crippen LogP contribution in [0.2, 0.25) is 0 Å². The van der Waals surface area contributed by atoms with Gasteiger partial charge in [0.25, 0.3) is 0 Å². The largest absolute Gasteiger partial charge is 0.255 e. The molecule has 0 atom stereocenters. The number of fused-ring (bicyclic) bond motifs is 1. The molecule has 4 heterocycles. The molecule has 192 valence electrons. The summed E-state index contributed by atoms with van der Waals surface area (Å²) < 4.78 is 1.20. The van der Waals surface area contributed by atoms with Crippen LogP contribution in [-0.2, 0) is 0 Å². The lowest BCUT2D eigenvalue weighted by Crippen LogP contribution is -1.93. The zero-order chi connectivity index (χ0) is 27.4. The molecule has 0 saturated carbocycles. The van der Waals surface area contributed by atoms with Crippen LogP contribution in [0.1, 0.15) is 11.1 Å². The highest BCUT2D eigenvalue weighted by atomic mass is 32.1. The number of benzene rings is 3. The van der Waals surface area contributed by atoms with Crippen molar-refractivity contribution in [3.8, 4) is 56.3 Å². The fourth-order valence-electron chi connectivity index (χ4n) is 4.57. The Bertz CT molecular complexity index is 1930. The Morgan fingerprint density at radius 3 is 1.59 bits per heavy atom. The number of nitrogens with zero attached hydrogens (tertiary/aromatic N) is 4. The third-order valence-corrected chi connectivity index (χ3v) is 7.76. The molecule has 0 amide bonds. The summed E-state index contributed by atoms with van der Waals surface area (Å²) in [6.45, 7) is 0. The molecule has 41 heavy (non-hydrogen) atoms. The lowest BCUT2D eigenvalue weighted by molar-refractivity contribution is 1.22. The van der Waals surface area contributed by atoms with Gasteiger partial charge in [0.05, 0.1) is 33.0 Å². The Morgan fingerprint density at radius 2 is 1.02 bits per heavy atom. The van der Waals surface area contributed by atoms with Crippen molar-refractivity contribution in [3.05, 3.63) is 145 Å². The molecule has 4 aromatic heterocycles. The highest BCUT2D eigenvalue weighted by molar-refractivity contribution is 7.21. The van der Waals surface area contributed by atoms with Gasteiger partial charge in [0.2, 0.25) is 0 Å². The third kappa shape index (κ3) is 5.38. The molecule has 3 aromatic carbocycles. The average molecular weight is 543 g/mol. The quantitative estimate of drug-likeness (QED) is 0.209. The van der Waals surface area contributed by atoms with E-state index >= 15 is 0 Å². The molecule has 0 radical (unpaired) electrons. The number of hydrogen-bond acceptors (Lipinski definition) is 5. The van der Waals surface area contributed by atoms with Crippen molar-refractivity contribution in [2.75, 3.05) is 0 Å². The van der Waals surface area contributed by atoms with Gasteiger partial charge in [-0.25, -0.2) is 9.97 Å². The molecule has 7 aromatic rings. The van der Waals surface area contributed by atoms with Gasteiger partial charge in [0.1, 0.15) is 5.01 Å². The van der Waals surface area contributed by atoms with Gasteiger partial charge in [0, 0.05) is 29.1 Å². The SMILES string of the molecule is C(#Cc1ccc(-c2nc3ccccc3s2)cc1)c1ccc(-c2cc(-c3ccccn3)nc(-c3ccccn3)c2)cc1. The molecule has 0 bridgehead atoms. The number of hydrogen-bond donors (Lipinski definition) is 0. The maximum atomic E-state index is 4.87. The molecule has 0 aliphatic heterocycles.